The van der Waals surface area contributed by atoms with Crippen LogP contribution in [0, 0.1) is 0 Å². The molecule has 0 fully saturated rings. The summed E-state index contributed by atoms with van der Waals surface area (Å²) in [4.78, 5) is 13.7. The zero-order valence-electron chi connectivity index (χ0n) is 11.2. The monoisotopic (exact) mass is 268 g/mol. The van der Waals surface area contributed by atoms with Gasteiger partial charge < -0.3 is 10.2 Å². The molecule has 0 radical (unpaired) electrons. The van der Waals surface area contributed by atoms with Crippen molar-refractivity contribution in [2.24, 2.45) is 0 Å². The minimum Gasteiger partial charge on any atom is -0.341 e. The van der Waals surface area contributed by atoms with Crippen molar-refractivity contribution in [2.75, 3.05) is 13.6 Å². The molecule has 0 saturated carbocycles. The molecule has 1 N–H and O–H groups in total. The second-order valence-electron chi connectivity index (χ2n) is 4.54. The number of nitrogens with zero attached hydrogens (tertiary/aromatic N) is 1. The lowest BCUT2D eigenvalue weighted by Gasteiger charge is -2.20. The number of rotatable bonds is 6. The van der Waals surface area contributed by atoms with Crippen molar-refractivity contribution < 1.29 is 4.79 Å². The van der Waals surface area contributed by atoms with Gasteiger partial charge in [-0.05, 0) is 31.2 Å². The standard InChI is InChI=1S/C14H21ClN2O/c1-4-16-11(2)9-14(18)17(3)10-12-5-7-13(15)8-6-12/h5-8,11,16H,4,9-10H2,1-3H3. The molecular formula is C14H21ClN2O. The van der Waals surface area contributed by atoms with Gasteiger partial charge in [0.25, 0.3) is 0 Å². The predicted octanol–water partition coefficient (Wildman–Crippen LogP) is 2.69. The molecule has 1 atom stereocenters. The van der Waals surface area contributed by atoms with E-state index in [9.17, 15) is 4.79 Å². The zero-order valence-corrected chi connectivity index (χ0v) is 12.0. The van der Waals surface area contributed by atoms with Gasteiger partial charge in [0.1, 0.15) is 0 Å². The second-order valence-corrected chi connectivity index (χ2v) is 4.98. The van der Waals surface area contributed by atoms with Crippen molar-refractivity contribution in [1.82, 2.24) is 10.2 Å². The van der Waals surface area contributed by atoms with Gasteiger partial charge in [0, 0.05) is 31.1 Å². The third-order valence-electron chi connectivity index (χ3n) is 2.79. The fourth-order valence-electron chi connectivity index (χ4n) is 1.79. The van der Waals surface area contributed by atoms with Gasteiger partial charge >= 0.3 is 0 Å². The van der Waals surface area contributed by atoms with Crippen LogP contribution in [-0.2, 0) is 11.3 Å². The summed E-state index contributed by atoms with van der Waals surface area (Å²) >= 11 is 5.83. The molecule has 0 aliphatic rings. The maximum atomic E-state index is 12.0. The lowest BCUT2D eigenvalue weighted by molar-refractivity contribution is -0.130. The molecule has 0 aliphatic heterocycles. The first-order chi connectivity index (χ1) is 8.52. The van der Waals surface area contributed by atoms with E-state index in [1.54, 1.807) is 4.90 Å². The van der Waals surface area contributed by atoms with Crippen molar-refractivity contribution in [1.29, 1.82) is 0 Å². The molecule has 0 heterocycles. The topological polar surface area (TPSA) is 32.3 Å². The van der Waals surface area contributed by atoms with Crippen LogP contribution in [-0.4, -0.2) is 30.4 Å². The van der Waals surface area contributed by atoms with Gasteiger partial charge in [-0.3, -0.25) is 4.79 Å². The summed E-state index contributed by atoms with van der Waals surface area (Å²) in [6.07, 6.45) is 0.526. The summed E-state index contributed by atoms with van der Waals surface area (Å²) < 4.78 is 0. The average Bonchev–Trinajstić information content (AvgIpc) is 2.32. The summed E-state index contributed by atoms with van der Waals surface area (Å²) in [6, 6.07) is 7.79. The molecule has 1 aromatic rings. The van der Waals surface area contributed by atoms with E-state index < -0.39 is 0 Å². The van der Waals surface area contributed by atoms with Crippen molar-refractivity contribution in [2.45, 2.75) is 32.9 Å². The Morgan fingerprint density at radius 3 is 2.56 bits per heavy atom. The zero-order chi connectivity index (χ0) is 13.5. The molecule has 0 spiro atoms. The third-order valence-corrected chi connectivity index (χ3v) is 3.04. The Morgan fingerprint density at radius 1 is 1.39 bits per heavy atom. The molecule has 0 bridgehead atoms. The first-order valence-electron chi connectivity index (χ1n) is 6.24. The molecule has 18 heavy (non-hydrogen) atoms. The van der Waals surface area contributed by atoms with Crippen LogP contribution in [0.5, 0.6) is 0 Å². The fraction of sp³-hybridized carbons (Fsp3) is 0.500. The van der Waals surface area contributed by atoms with Gasteiger partial charge in [-0.15, -0.1) is 0 Å². The van der Waals surface area contributed by atoms with Crippen LogP contribution in [0.15, 0.2) is 24.3 Å². The van der Waals surface area contributed by atoms with E-state index in [0.29, 0.717) is 18.0 Å². The van der Waals surface area contributed by atoms with Crippen LogP contribution >= 0.6 is 11.6 Å². The number of halogens is 1. The van der Waals surface area contributed by atoms with Crippen molar-refractivity contribution >= 4 is 17.5 Å². The number of nitrogens with one attached hydrogen (secondary N) is 1. The summed E-state index contributed by atoms with van der Waals surface area (Å²) in [5.74, 6) is 0.151. The second kappa shape index (κ2) is 7.39. The van der Waals surface area contributed by atoms with E-state index in [-0.39, 0.29) is 11.9 Å². The van der Waals surface area contributed by atoms with Crippen LogP contribution in [0.3, 0.4) is 0 Å². The highest BCUT2D eigenvalue weighted by Gasteiger charge is 2.12. The van der Waals surface area contributed by atoms with Gasteiger partial charge in [0.15, 0.2) is 0 Å². The number of hydrogen-bond donors (Lipinski definition) is 1. The van der Waals surface area contributed by atoms with Crippen LogP contribution < -0.4 is 5.32 Å². The Labute approximate surface area is 114 Å². The molecule has 100 valence electrons. The van der Waals surface area contributed by atoms with Crippen molar-refractivity contribution in [3.63, 3.8) is 0 Å². The maximum absolute atomic E-state index is 12.0. The maximum Gasteiger partial charge on any atom is 0.224 e. The molecule has 1 rings (SSSR count). The van der Waals surface area contributed by atoms with Gasteiger partial charge in [0.2, 0.25) is 5.91 Å². The third kappa shape index (κ3) is 5.07. The Hall–Kier alpha value is -1.06. The van der Waals surface area contributed by atoms with E-state index in [2.05, 4.69) is 5.32 Å². The molecule has 0 saturated heterocycles. The minimum absolute atomic E-state index is 0.151. The molecule has 1 unspecified atom stereocenters. The number of hydrogen-bond acceptors (Lipinski definition) is 2. The van der Waals surface area contributed by atoms with E-state index >= 15 is 0 Å². The average molecular weight is 269 g/mol. The van der Waals surface area contributed by atoms with Gasteiger partial charge in [0.05, 0.1) is 0 Å². The summed E-state index contributed by atoms with van der Waals surface area (Å²) in [5, 5.41) is 3.95. The Balaban J connectivity index is 2.46. The lowest BCUT2D eigenvalue weighted by Crippen LogP contribution is -2.34. The fourth-order valence-corrected chi connectivity index (χ4v) is 1.92. The summed E-state index contributed by atoms with van der Waals surface area (Å²) in [5.41, 5.74) is 1.09. The molecule has 3 nitrogen and oxygen atoms in total. The molecule has 1 aromatic carbocycles. The van der Waals surface area contributed by atoms with E-state index in [0.717, 1.165) is 12.1 Å². The number of amides is 1. The van der Waals surface area contributed by atoms with Crippen molar-refractivity contribution in [3.8, 4) is 0 Å². The molecule has 0 aromatic heterocycles. The first kappa shape index (κ1) is 15.0. The normalized spacial score (nSPS) is 12.2. The van der Waals surface area contributed by atoms with Gasteiger partial charge in [-0.25, -0.2) is 0 Å². The van der Waals surface area contributed by atoms with Crippen LogP contribution in [0.2, 0.25) is 5.02 Å². The highest BCUT2D eigenvalue weighted by atomic mass is 35.5. The highest BCUT2D eigenvalue weighted by molar-refractivity contribution is 6.30. The highest BCUT2D eigenvalue weighted by Crippen LogP contribution is 2.11. The smallest absolute Gasteiger partial charge is 0.224 e. The van der Waals surface area contributed by atoms with Crippen LogP contribution in [0.4, 0.5) is 0 Å². The van der Waals surface area contributed by atoms with E-state index in [1.807, 2.05) is 45.2 Å². The largest absolute Gasteiger partial charge is 0.341 e. The first-order valence-corrected chi connectivity index (χ1v) is 6.62. The van der Waals surface area contributed by atoms with Crippen molar-refractivity contribution in [3.05, 3.63) is 34.9 Å². The predicted molar refractivity (Wildman–Crippen MR) is 75.7 cm³/mol. The van der Waals surface area contributed by atoms with Crippen LogP contribution in [0.1, 0.15) is 25.8 Å². The Morgan fingerprint density at radius 2 is 2.00 bits per heavy atom. The Kier molecular flexibility index (Phi) is 6.16. The summed E-state index contributed by atoms with van der Waals surface area (Å²) in [7, 11) is 1.83. The molecule has 0 aliphatic carbocycles. The molecule has 1 amide bonds. The number of carbonyl (C=O) groups is 1. The quantitative estimate of drug-likeness (QED) is 0.860. The van der Waals surface area contributed by atoms with E-state index in [1.165, 1.54) is 0 Å². The van der Waals surface area contributed by atoms with Gasteiger partial charge in [-0.1, -0.05) is 30.7 Å². The Bertz CT molecular complexity index is 378. The molecule has 4 heteroatoms. The summed E-state index contributed by atoms with van der Waals surface area (Å²) in [6.45, 7) is 5.57. The lowest BCUT2D eigenvalue weighted by atomic mass is 10.2. The minimum atomic E-state index is 0.151. The molecular weight excluding hydrogens is 248 g/mol. The number of benzene rings is 1. The number of carbonyl (C=O) groups excluding carboxylic acids is 1. The van der Waals surface area contributed by atoms with Crippen LogP contribution in [0.25, 0.3) is 0 Å². The SMILES string of the molecule is CCNC(C)CC(=O)N(C)Cc1ccc(Cl)cc1. The van der Waals surface area contributed by atoms with Gasteiger partial charge in [-0.2, -0.15) is 0 Å². The van der Waals surface area contributed by atoms with E-state index in [4.69, 9.17) is 11.6 Å².